The molecule has 284 valence electrons. The molecule has 1 saturated heterocycles. The van der Waals surface area contributed by atoms with Gasteiger partial charge in [-0.3, -0.25) is 19.1 Å². The van der Waals surface area contributed by atoms with Crippen LogP contribution in [0.25, 0.3) is 22.0 Å². The highest BCUT2D eigenvalue weighted by Gasteiger charge is 2.34. The summed E-state index contributed by atoms with van der Waals surface area (Å²) in [7, 11) is 1.63. The zero-order valence-corrected chi connectivity index (χ0v) is 31.4. The van der Waals surface area contributed by atoms with E-state index in [1.54, 1.807) is 42.6 Å². The van der Waals surface area contributed by atoms with Gasteiger partial charge in [-0.15, -0.1) is 0 Å². The van der Waals surface area contributed by atoms with E-state index in [2.05, 4.69) is 41.3 Å². The van der Waals surface area contributed by atoms with Gasteiger partial charge in [-0.25, -0.2) is 15.0 Å². The third-order valence-corrected chi connectivity index (χ3v) is 8.62. The van der Waals surface area contributed by atoms with Gasteiger partial charge in [-0.2, -0.15) is 5.10 Å². The summed E-state index contributed by atoms with van der Waals surface area (Å²) in [6.45, 7) is 6.30. The molecule has 0 radical (unpaired) electrons. The Labute approximate surface area is 315 Å². The van der Waals surface area contributed by atoms with Gasteiger partial charge in [0.2, 0.25) is 11.8 Å². The van der Waals surface area contributed by atoms with Crippen molar-refractivity contribution in [2.75, 3.05) is 85.0 Å². The summed E-state index contributed by atoms with van der Waals surface area (Å²) in [5, 5.41) is 7.90. The Hall–Kier alpha value is -4.39. The van der Waals surface area contributed by atoms with E-state index >= 15 is 0 Å². The standard InChI is InChI=1S/C36H44BrN7O9/c1-25(45)34-28-21-26(27-22-38-36(39-23-27)53-20-19-52-18-17-51-16-15-50-14-13-49-12-11-48-2)8-9-29(28)44(42-34)24-33(46)43-10-4-5-30(43)35(47)41-32-7-3-6-31(37)40-32/h3,6-9,21-23,30H,4-5,10-20,24H2,1-2H3,(H,40,41,47)/t30-/m0/s1. The smallest absolute Gasteiger partial charge is 0.316 e. The number of hydrogen-bond donors (Lipinski definition) is 1. The van der Waals surface area contributed by atoms with Crippen LogP contribution in [0.1, 0.15) is 30.3 Å². The number of rotatable bonds is 22. The average Bonchev–Trinajstić information content (AvgIpc) is 3.79. The van der Waals surface area contributed by atoms with Crippen molar-refractivity contribution in [1.82, 2.24) is 29.6 Å². The van der Waals surface area contributed by atoms with E-state index in [9.17, 15) is 14.4 Å². The molecule has 0 spiro atoms. The van der Waals surface area contributed by atoms with E-state index in [1.807, 2.05) is 18.2 Å². The number of halogens is 1. The molecule has 16 nitrogen and oxygen atoms in total. The molecule has 0 unspecified atom stereocenters. The molecule has 4 heterocycles. The van der Waals surface area contributed by atoms with Gasteiger partial charge in [0, 0.05) is 43.9 Å². The number of anilines is 1. The van der Waals surface area contributed by atoms with Gasteiger partial charge in [0.15, 0.2) is 5.78 Å². The van der Waals surface area contributed by atoms with Crippen LogP contribution < -0.4 is 10.1 Å². The van der Waals surface area contributed by atoms with Crippen LogP contribution >= 0.6 is 15.9 Å². The fraction of sp³-hybridized carbons (Fsp3) is 0.472. The molecular weight excluding hydrogens is 754 g/mol. The van der Waals surface area contributed by atoms with Crippen molar-refractivity contribution in [1.29, 1.82) is 0 Å². The molecule has 1 fully saturated rings. The van der Waals surface area contributed by atoms with Crippen LogP contribution in [0.3, 0.4) is 0 Å². The SMILES string of the molecule is COCCOCCOCCOCCOCCOc1ncc(-c2ccc3c(c2)c(C(C)=O)nn3CC(=O)N2CCC[C@H]2C(=O)Nc2cccc(Br)n2)cn1. The molecule has 1 aliphatic rings. The van der Waals surface area contributed by atoms with Crippen molar-refractivity contribution in [3.63, 3.8) is 0 Å². The number of likely N-dealkylation sites (tertiary alicyclic amines) is 1. The van der Waals surface area contributed by atoms with Crippen molar-refractivity contribution in [2.45, 2.75) is 32.4 Å². The number of ether oxygens (including phenoxy) is 6. The first kappa shape index (κ1) is 39.8. The molecule has 2 amide bonds. The summed E-state index contributed by atoms with van der Waals surface area (Å²) in [6.07, 6.45) is 4.50. The Morgan fingerprint density at radius 3 is 2.17 bits per heavy atom. The summed E-state index contributed by atoms with van der Waals surface area (Å²) in [4.78, 5) is 53.7. The molecule has 5 rings (SSSR count). The van der Waals surface area contributed by atoms with E-state index in [1.165, 1.54) is 11.6 Å². The summed E-state index contributed by atoms with van der Waals surface area (Å²) in [6, 6.07) is 10.3. The third kappa shape index (κ3) is 11.8. The molecule has 0 saturated carbocycles. The van der Waals surface area contributed by atoms with Crippen LogP contribution in [0.4, 0.5) is 5.82 Å². The highest BCUT2D eigenvalue weighted by molar-refractivity contribution is 9.10. The quantitative estimate of drug-likeness (QED) is 0.0694. The van der Waals surface area contributed by atoms with Crippen LogP contribution in [0.5, 0.6) is 6.01 Å². The topological polar surface area (TPSA) is 178 Å². The number of hydrogen-bond acceptors (Lipinski definition) is 13. The number of fused-ring (bicyclic) bond motifs is 1. The second-order valence-corrected chi connectivity index (χ2v) is 12.7. The maximum absolute atomic E-state index is 13.5. The normalized spacial score (nSPS) is 14.2. The van der Waals surface area contributed by atoms with Gasteiger partial charge in [0.25, 0.3) is 0 Å². The molecule has 1 aliphatic heterocycles. The van der Waals surface area contributed by atoms with Crippen LogP contribution in [-0.2, 0) is 39.8 Å². The predicted molar refractivity (Wildman–Crippen MR) is 197 cm³/mol. The largest absolute Gasteiger partial charge is 0.461 e. The highest BCUT2D eigenvalue weighted by Crippen LogP contribution is 2.28. The van der Waals surface area contributed by atoms with Crippen molar-refractivity contribution in [3.8, 4) is 17.1 Å². The average molecular weight is 799 g/mol. The highest BCUT2D eigenvalue weighted by atomic mass is 79.9. The summed E-state index contributed by atoms with van der Waals surface area (Å²) >= 11 is 3.30. The molecule has 1 aromatic carbocycles. The van der Waals surface area contributed by atoms with Gasteiger partial charge < -0.3 is 38.6 Å². The number of Topliss-reactive ketones (excluding diaryl/α,β-unsaturated/α-hetero) is 1. The van der Waals surface area contributed by atoms with Crippen LogP contribution in [0.2, 0.25) is 0 Å². The Balaban J connectivity index is 1.08. The van der Waals surface area contributed by atoms with Gasteiger partial charge in [0.1, 0.15) is 35.3 Å². The number of amides is 2. The fourth-order valence-electron chi connectivity index (χ4n) is 5.62. The van der Waals surface area contributed by atoms with E-state index in [0.717, 1.165) is 5.56 Å². The van der Waals surface area contributed by atoms with Crippen molar-refractivity contribution in [2.24, 2.45) is 0 Å². The van der Waals surface area contributed by atoms with E-state index < -0.39 is 6.04 Å². The number of benzene rings is 1. The Kier molecular flexibility index (Phi) is 15.6. The second kappa shape index (κ2) is 20.7. The van der Waals surface area contributed by atoms with Crippen molar-refractivity contribution < 1.29 is 42.8 Å². The molecule has 0 aliphatic carbocycles. The summed E-state index contributed by atoms with van der Waals surface area (Å²) in [5.74, 6) is -0.414. The molecule has 1 atom stereocenters. The lowest BCUT2D eigenvalue weighted by atomic mass is 10.0. The number of carbonyl (C=O) groups excluding carboxylic acids is 3. The van der Waals surface area contributed by atoms with Gasteiger partial charge >= 0.3 is 6.01 Å². The Morgan fingerprint density at radius 1 is 0.868 bits per heavy atom. The maximum atomic E-state index is 13.5. The first-order valence-corrected chi connectivity index (χ1v) is 18.1. The molecular formula is C36H44BrN7O9. The van der Waals surface area contributed by atoms with Crippen LogP contribution in [0, 0.1) is 0 Å². The Morgan fingerprint density at radius 2 is 1.53 bits per heavy atom. The minimum atomic E-state index is -0.637. The number of methoxy groups -OCH3 is 1. The van der Waals surface area contributed by atoms with E-state index in [4.69, 9.17) is 28.4 Å². The maximum Gasteiger partial charge on any atom is 0.316 e. The zero-order chi connectivity index (χ0) is 37.4. The first-order valence-electron chi connectivity index (χ1n) is 17.3. The number of ketones is 1. The minimum absolute atomic E-state index is 0.130. The zero-order valence-electron chi connectivity index (χ0n) is 29.8. The van der Waals surface area contributed by atoms with Crippen molar-refractivity contribution >= 4 is 50.2 Å². The van der Waals surface area contributed by atoms with Gasteiger partial charge in [-0.05, 0) is 58.6 Å². The number of carbonyl (C=O) groups is 3. The first-order chi connectivity index (χ1) is 25.8. The fourth-order valence-corrected chi connectivity index (χ4v) is 5.96. The van der Waals surface area contributed by atoms with Gasteiger partial charge in [-0.1, -0.05) is 12.1 Å². The third-order valence-electron chi connectivity index (χ3n) is 8.18. The van der Waals surface area contributed by atoms with Crippen molar-refractivity contribution in [3.05, 3.63) is 59.1 Å². The molecule has 53 heavy (non-hydrogen) atoms. The lowest BCUT2D eigenvalue weighted by Gasteiger charge is -2.24. The number of aromatic nitrogens is 5. The molecule has 1 N–H and O–H groups in total. The lowest BCUT2D eigenvalue weighted by molar-refractivity contribution is -0.137. The van der Waals surface area contributed by atoms with E-state index in [-0.39, 0.29) is 42.5 Å². The van der Waals surface area contributed by atoms with Gasteiger partial charge in [0.05, 0.1) is 65.0 Å². The predicted octanol–water partition coefficient (Wildman–Crippen LogP) is 3.57. The second-order valence-electron chi connectivity index (χ2n) is 11.9. The van der Waals surface area contributed by atoms with E-state index in [0.29, 0.717) is 106 Å². The number of nitrogens with zero attached hydrogens (tertiary/aromatic N) is 6. The number of pyridine rings is 1. The summed E-state index contributed by atoms with van der Waals surface area (Å²) in [5.41, 5.74) is 2.33. The van der Waals surface area contributed by atoms with Crippen LogP contribution in [0.15, 0.2) is 53.4 Å². The minimum Gasteiger partial charge on any atom is -0.461 e. The lowest BCUT2D eigenvalue weighted by Crippen LogP contribution is -2.44. The monoisotopic (exact) mass is 797 g/mol. The Bertz CT molecular complexity index is 1810. The van der Waals surface area contributed by atoms with Crippen LogP contribution in [-0.4, -0.2) is 133 Å². The molecule has 3 aromatic heterocycles. The summed E-state index contributed by atoms with van der Waals surface area (Å²) < 4.78 is 34.4. The molecule has 4 aromatic rings. The molecule has 0 bridgehead atoms. The molecule has 17 heteroatoms. The number of nitrogens with one attached hydrogen (secondary N) is 1.